The second-order valence-electron chi connectivity index (χ2n) is 10.3. The maximum absolute atomic E-state index is 13.0. The lowest BCUT2D eigenvalue weighted by atomic mass is 9.89. The first-order valence-electron chi connectivity index (χ1n) is 12.8. The number of aliphatic hydroxyl groups excluding tert-OH is 1. The van der Waals surface area contributed by atoms with Crippen LogP contribution in [0.25, 0.3) is 0 Å². The van der Waals surface area contributed by atoms with Gasteiger partial charge in [0.1, 0.15) is 5.75 Å². The summed E-state index contributed by atoms with van der Waals surface area (Å²) in [7, 11) is 1.65. The second kappa shape index (κ2) is 12.7. The first-order chi connectivity index (χ1) is 17.2. The summed E-state index contributed by atoms with van der Waals surface area (Å²) in [4.78, 5) is 25.5. The number of carbonyl (C=O) groups is 2. The number of benzene rings is 2. The Labute approximate surface area is 214 Å². The molecule has 0 aromatic heterocycles. The number of hydrogen-bond acceptors (Lipinski definition) is 4. The van der Waals surface area contributed by atoms with Gasteiger partial charge in [0.2, 0.25) is 5.91 Å². The molecule has 1 aliphatic heterocycles. The summed E-state index contributed by atoms with van der Waals surface area (Å²) in [6.45, 7) is 4.60. The van der Waals surface area contributed by atoms with Crippen molar-refractivity contribution < 1.29 is 24.5 Å². The Morgan fingerprint density at radius 1 is 1.11 bits per heavy atom. The van der Waals surface area contributed by atoms with Crippen molar-refractivity contribution in [3.63, 3.8) is 0 Å². The molecule has 0 aliphatic carbocycles. The van der Waals surface area contributed by atoms with Gasteiger partial charge in [-0.1, -0.05) is 75.2 Å². The fourth-order valence-corrected chi connectivity index (χ4v) is 4.82. The van der Waals surface area contributed by atoms with Gasteiger partial charge in [-0.15, -0.1) is 0 Å². The number of likely N-dealkylation sites (tertiary alicyclic amines) is 1. The Morgan fingerprint density at radius 3 is 2.53 bits per heavy atom. The van der Waals surface area contributed by atoms with Crippen LogP contribution in [0, 0.1) is 5.41 Å². The Morgan fingerprint density at radius 2 is 1.83 bits per heavy atom. The highest BCUT2D eigenvalue weighted by molar-refractivity contribution is 5.85. The molecule has 0 saturated carbocycles. The van der Waals surface area contributed by atoms with Gasteiger partial charge in [-0.05, 0) is 54.5 Å². The first-order valence-corrected chi connectivity index (χ1v) is 12.8. The van der Waals surface area contributed by atoms with Crippen LogP contribution in [0.2, 0.25) is 0 Å². The highest BCUT2D eigenvalue weighted by Crippen LogP contribution is 2.36. The molecule has 1 fully saturated rings. The van der Waals surface area contributed by atoms with Crippen LogP contribution < -0.4 is 4.74 Å². The predicted molar refractivity (Wildman–Crippen MR) is 141 cm³/mol. The van der Waals surface area contributed by atoms with Crippen molar-refractivity contribution in [2.45, 2.75) is 70.9 Å². The van der Waals surface area contributed by atoms with Gasteiger partial charge in [0.25, 0.3) is 0 Å². The lowest BCUT2D eigenvalue weighted by molar-refractivity contribution is -0.137. The quantitative estimate of drug-likeness (QED) is 0.283. The fourth-order valence-electron chi connectivity index (χ4n) is 4.82. The zero-order valence-electron chi connectivity index (χ0n) is 21.7. The van der Waals surface area contributed by atoms with Crippen LogP contribution in [0.3, 0.4) is 0 Å². The first kappa shape index (κ1) is 27.5. The van der Waals surface area contributed by atoms with Gasteiger partial charge in [0.15, 0.2) is 0 Å². The van der Waals surface area contributed by atoms with Crippen molar-refractivity contribution in [1.29, 1.82) is 0 Å². The van der Waals surface area contributed by atoms with E-state index in [0.29, 0.717) is 19.4 Å². The van der Waals surface area contributed by atoms with Crippen molar-refractivity contribution in [2.75, 3.05) is 13.7 Å². The zero-order valence-corrected chi connectivity index (χ0v) is 21.7. The molecule has 2 aromatic carbocycles. The van der Waals surface area contributed by atoms with Gasteiger partial charge in [-0.25, -0.2) is 0 Å². The summed E-state index contributed by atoms with van der Waals surface area (Å²) in [6, 6.07) is 15.9. The number of methoxy groups -OCH3 is 1. The summed E-state index contributed by atoms with van der Waals surface area (Å²) in [5, 5.41) is 19.7. The molecular formula is C30H39NO5. The minimum absolute atomic E-state index is 0.0522. The number of carbonyl (C=O) groups excluding carboxylic acids is 1. The number of carboxylic acid groups (broad SMARTS) is 1. The minimum Gasteiger partial charge on any atom is -0.497 e. The number of carboxylic acids is 1. The third-order valence-corrected chi connectivity index (χ3v) is 6.87. The average Bonchev–Trinajstić information content (AvgIpc) is 3.07. The number of hydrogen-bond donors (Lipinski definition) is 2. The van der Waals surface area contributed by atoms with E-state index >= 15 is 0 Å². The van der Waals surface area contributed by atoms with Gasteiger partial charge in [0, 0.05) is 18.4 Å². The van der Waals surface area contributed by atoms with E-state index in [1.165, 1.54) is 5.56 Å². The summed E-state index contributed by atoms with van der Waals surface area (Å²) in [5.74, 6) is 0.203. The lowest BCUT2D eigenvalue weighted by Gasteiger charge is -2.23. The van der Waals surface area contributed by atoms with Crippen molar-refractivity contribution in [3.05, 3.63) is 77.4 Å². The highest BCUT2D eigenvalue weighted by Gasteiger charge is 2.43. The molecule has 3 rings (SSSR count). The Bertz CT molecular complexity index is 1040. The molecule has 6 nitrogen and oxygen atoms in total. The number of nitrogens with zero attached hydrogens (tertiary/aromatic N) is 1. The van der Waals surface area contributed by atoms with E-state index in [2.05, 4.69) is 6.07 Å². The molecule has 1 unspecified atom stereocenters. The third-order valence-electron chi connectivity index (χ3n) is 6.87. The topological polar surface area (TPSA) is 87.1 Å². The maximum Gasteiger partial charge on any atom is 0.303 e. The molecule has 0 spiro atoms. The van der Waals surface area contributed by atoms with Gasteiger partial charge < -0.3 is 19.8 Å². The van der Waals surface area contributed by atoms with E-state index < -0.39 is 17.5 Å². The number of aliphatic hydroxyl groups is 1. The summed E-state index contributed by atoms with van der Waals surface area (Å²) >= 11 is 0. The Kier molecular flexibility index (Phi) is 9.71. The van der Waals surface area contributed by atoms with E-state index in [9.17, 15) is 14.7 Å². The largest absolute Gasteiger partial charge is 0.497 e. The Balaban J connectivity index is 1.60. The van der Waals surface area contributed by atoms with Crippen molar-refractivity contribution in [2.24, 2.45) is 5.41 Å². The van der Waals surface area contributed by atoms with Gasteiger partial charge in [0.05, 0.1) is 19.3 Å². The van der Waals surface area contributed by atoms with Crippen LogP contribution >= 0.6 is 0 Å². The minimum atomic E-state index is -0.763. The Hall–Kier alpha value is -3.12. The van der Waals surface area contributed by atoms with Crippen molar-refractivity contribution >= 4 is 11.9 Å². The molecule has 1 heterocycles. The molecule has 1 saturated heterocycles. The highest BCUT2D eigenvalue weighted by atomic mass is 16.5. The zero-order chi connectivity index (χ0) is 26.1. The second-order valence-corrected chi connectivity index (χ2v) is 10.3. The predicted octanol–water partition coefficient (Wildman–Crippen LogP) is 5.54. The average molecular weight is 494 g/mol. The molecule has 0 bridgehead atoms. The standard InChI is InChI=1S/C30H39NO5/c1-30(2)21-25(31(29(30)35)18-7-5-4-6-11-28(33)34)14-17-27(32)24-10-8-9-23(20-24)19-22-12-15-26(36-3)16-13-22/h8-10,12-17,20,25,27,32H,4-7,11,18-19,21H2,1-3H3,(H,33,34)/t25?,27-/m1/s1. The number of rotatable bonds is 13. The van der Waals surface area contributed by atoms with Crippen LogP contribution in [-0.4, -0.2) is 46.7 Å². The molecule has 194 valence electrons. The molecule has 0 radical (unpaired) electrons. The van der Waals surface area contributed by atoms with E-state index in [4.69, 9.17) is 9.84 Å². The monoisotopic (exact) mass is 493 g/mol. The molecule has 2 aromatic rings. The van der Waals surface area contributed by atoms with E-state index in [1.54, 1.807) is 13.2 Å². The number of aliphatic carboxylic acids is 1. The smallest absolute Gasteiger partial charge is 0.303 e. The molecular weight excluding hydrogens is 454 g/mol. The van der Waals surface area contributed by atoms with Crippen LogP contribution in [0.4, 0.5) is 0 Å². The van der Waals surface area contributed by atoms with Gasteiger partial charge in [-0.3, -0.25) is 9.59 Å². The van der Waals surface area contributed by atoms with Crippen LogP contribution in [-0.2, 0) is 16.0 Å². The van der Waals surface area contributed by atoms with Crippen molar-refractivity contribution in [3.8, 4) is 5.75 Å². The summed E-state index contributed by atoms with van der Waals surface area (Å²) in [6.07, 6.45) is 7.96. The SMILES string of the molecule is COc1ccc(Cc2cccc([C@H](O)C=CC3CC(C)(C)C(=O)N3CCCCCCC(=O)O)c2)cc1. The van der Waals surface area contributed by atoms with E-state index in [1.807, 2.05) is 67.3 Å². The van der Waals surface area contributed by atoms with Crippen LogP contribution in [0.15, 0.2) is 60.7 Å². The van der Waals surface area contributed by atoms with E-state index in [-0.39, 0.29) is 18.4 Å². The lowest BCUT2D eigenvalue weighted by Crippen LogP contribution is -2.35. The molecule has 6 heteroatoms. The molecule has 36 heavy (non-hydrogen) atoms. The normalized spacial score (nSPS) is 18.1. The number of unbranched alkanes of at least 4 members (excludes halogenated alkanes) is 3. The van der Waals surface area contributed by atoms with Gasteiger partial charge >= 0.3 is 5.97 Å². The van der Waals surface area contributed by atoms with Crippen molar-refractivity contribution in [1.82, 2.24) is 4.90 Å². The fraction of sp³-hybridized carbons (Fsp3) is 0.467. The van der Waals surface area contributed by atoms with Crippen LogP contribution in [0.1, 0.15) is 75.2 Å². The van der Waals surface area contributed by atoms with E-state index in [0.717, 1.165) is 42.6 Å². The summed E-state index contributed by atoms with van der Waals surface area (Å²) in [5.41, 5.74) is 2.68. The molecule has 1 amide bonds. The van der Waals surface area contributed by atoms with Crippen LogP contribution in [0.5, 0.6) is 5.75 Å². The third kappa shape index (κ3) is 7.69. The molecule has 2 N–H and O–H groups in total. The maximum atomic E-state index is 13.0. The molecule has 1 aliphatic rings. The summed E-state index contributed by atoms with van der Waals surface area (Å²) < 4.78 is 5.23. The molecule has 2 atom stereocenters. The number of ether oxygens (including phenoxy) is 1. The number of amides is 1. The van der Waals surface area contributed by atoms with Gasteiger partial charge in [-0.2, -0.15) is 0 Å².